The van der Waals surface area contributed by atoms with Crippen LogP contribution in [0.4, 0.5) is 0 Å². The van der Waals surface area contributed by atoms with Gasteiger partial charge in [0.2, 0.25) is 0 Å². The predicted octanol–water partition coefficient (Wildman–Crippen LogP) is 1.24. The van der Waals surface area contributed by atoms with E-state index in [1.54, 1.807) is 0 Å². The Morgan fingerprint density at radius 1 is 1.41 bits per heavy atom. The largest absolute Gasteiger partial charge is 0.311 e. The maximum absolute atomic E-state index is 4.17. The van der Waals surface area contributed by atoms with Gasteiger partial charge in [-0.1, -0.05) is 6.92 Å². The molecule has 2 rings (SSSR count). The molecule has 1 fully saturated rings. The Labute approximate surface area is 104 Å². The molecule has 0 aliphatic carbocycles. The van der Waals surface area contributed by atoms with E-state index in [2.05, 4.69) is 28.3 Å². The van der Waals surface area contributed by atoms with Gasteiger partial charge in [0.25, 0.3) is 0 Å². The quantitative estimate of drug-likeness (QED) is 0.807. The zero-order valence-electron chi connectivity index (χ0n) is 11.0. The van der Waals surface area contributed by atoms with E-state index in [0.29, 0.717) is 0 Å². The Hall–Kier alpha value is -0.870. The number of nitrogens with one attached hydrogen (secondary N) is 1. The highest BCUT2D eigenvalue weighted by atomic mass is 15.3. The fourth-order valence-corrected chi connectivity index (χ4v) is 2.49. The van der Waals surface area contributed by atoms with Gasteiger partial charge in [0.05, 0.1) is 5.69 Å². The molecule has 1 unspecified atom stereocenters. The molecule has 17 heavy (non-hydrogen) atoms. The number of likely N-dealkylation sites (tertiary alicyclic amines) is 1. The molecule has 1 saturated heterocycles. The third-order valence-electron chi connectivity index (χ3n) is 3.49. The van der Waals surface area contributed by atoms with Crippen molar-refractivity contribution in [3.8, 4) is 0 Å². The van der Waals surface area contributed by atoms with Crippen LogP contribution in [0.2, 0.25) is 0 Å². The van der Waals surface area contributed by atoms with Crippen LogP contribution in [0.1, 0.15) is 25.5 Å². The van der Waals surface area contributed by atoms with Crippen molar-refractivity contribution in [2.45, 2.75) is 26.3 Å². The summed E-state index contributed by atoms with van der Waals surface area (Å²) in [7, 11) is 1.99. The lowest BCUT2D eigenvalue weighted by Crippen LogP contribution is -2.31. The second kappa shape index (κ2) is 6.17. The van der Waals surface area contributed by atoms with Crippen molar-refractivity contribution >= 4 is 0 Å². The first kappa shape index (κ1) is 12.6. The minimum atomic E-state index is 0.723. The van der Waals surface area contributed by atoms with E-state index in [0.717, 1.165) is 19.0 Å². The normalized spacial score (nSPS) is 18.7. The number of aryl methyl sites for hydroxylation is 1. The molecule has 2 heterocycles. The van der Waals surface area contributed by atoms with Crippen molar-refractivity contribution in [1.82, 2.24) is 20.0 Å². The van der Waals surface area contributed by atoms with Gasteiger partial charge in [-0.25, -0.2) is 0 Å². The summed E-state index contributed by atoms with van der Waals surface area (Å²) in [6.07, 6.45) is 4.62. The first-order valence-corrected chi connectivity index (χ1v) is 6.65. The standard InChI is InChI=1S/C13H24N4/c1-12(11-17-7-3-4-8-17)9-14-10-13-5-6-15-16(13)2/h5-6,12,14H,3-4,7-11H2,1-2H3. The molecule has 1 N–H and O–H groups in total. The molecular formula is C13H24N4. The minimum absolute atomic E-state index is 0.723. The van der Waals surface area contributed by atoms with E-state index < -0.39 is 0 Å². The van der Waals surface area contributed by atoms with Gasteiger partial charge < -0.3 is 10.2 Å². The average molecular weight is 236 g/mol. The molecule has 4 heteroatoms. The monoisotopic (exact) mass is 236 g/mol. The third-order valence-corrected chi connectivity index (χ3v) is 3.49. The SMILES string of the molecule is CC(CNCc1ccnn1C)CN1CCCC1. The van der Waals surface area contributed by atoms with Crippen LogP contribution in [0.5, 0.6) is 0 Å². The summed E-state index contributed by atoms with van der Waals surface area (Å²) in [5.41, 5.74) is 1.25. The number of rotatable bonds is 6. The molecule has 4 nitrogen and oxygen atoms in total. The molecule has 0 aromatic carbocycles. The molecule has 96 valence electrons. The van der Waals surface area contributed by atoms with Crippen LogP contribution in [-0.4, -0.2) is 40.9 Å². The second-order valence-electron chi connectivity index (χ2n) is 5.19. The molecule has 0 radical (unpaired) electrons. The summed E-state index contributed by atoms with van der Waals surface area (Å²) in [5, 5.41) is 7.68. The molecule has 1 aromatic heterocycles. The van der Waals surface area contributed by atoms with Gasteiger partial charge in [0.15, 0.2) is 0 Å². The van der Waals surface area contributed by atoms with Crippen molar-refractivity contribution in [1.29, 1.82) is 0 Å². The Kier molecular flexibility index (Phi) is 4.57. The van der Waals surface area contributed by atoms with E-state index in [1.807, 2.05) is 17.9 Å². The Bertz CT molecular complexity index is 328. The lowest BCUT2D eigenvalue weighted by atomic mass is 10.1. The number of aromatic nitrogens is 2. The summed E-state index contributed by atoms with van der Waals surface area (Å²) in [6.45, 7) is 8.16. The molecule has 1 aliphatic heterocycles. The summed E-state index contributed by atoms with van der Waals surface area (Å²) >= 11 is 0. The highest BCUT2D eigenvalue weighted by molar-refractivity contribution is 4.99. The summed E-state index contributed by atoms with van der Waals surface area (Å²) < 4.78 is 1.93. The average Bonchev–Trinajstić information content (AvgIpc) is 2.91. The molecule has 0 amide bonds. The van der Waals surface area contributed by atoms with E-state index in [-0.39, 0.29) is 0 Å². The number of hydrogen-bond donors (Lipinski definition) is 1. The van der Waals surface area contributed by atoms with Gasteiger partial charge in [-0.2, -0.15) is 5.10 Å². The van der Waals surface area contributed by atoms with Crippen molar-refractivity contribution in [2.24, 2.45) is 13.0 Å². The minimum Gasteiger partial charge on any atom is -0.311 e. The lowest BCUT2D eigenvalue weighted by molar-refractivity contribution is 0.282. The summed E-state index contributed by atoms with van der Waals surface area (Å²) in [6, 6.07) is 2.07. The molecule has 0 spiro atoms. The van der Waals surface area contributed by atoms with Crippen LogP contribution in [0, 0.1) is 5.92 Å². The van der Waals surface area contributed by atoms with Crippen LogP contribution in [0.15, 0.2) is 12.3 Å². The zero-order chi connectivity index (χ0) is 12.1. The maximum Gasteiger partial charge on any atom is 0.0518 e. The Morgan fingerprint density at radius 2 is 2.18 bits per heavy atom. The fraction of sp³-hybridized carbons (Fsp3) is 0.769. The zero-order valence-corrected chi connectivity index (χ0v) is 11.0. The van der Waals surface area contributed by atoms with Gasteiger partial charge in [0, 0.05) is 26.3 Å². The van der Waals surface area contributed by atoms with Crippen molar-refractivity contribution in [3.63, 3.8) is 0 Å². The van der Waals surface area contributed by atoms with Crippen LogP contribution < -0.4 is 5.32 Å². The van der Waals surface area contributed by atoms with Crippen LogP contribution >= 0.6 is 0 Å². The predicted molar refractivity (Wildman–Crippen MR) is 69.8 cm³/mol. The van der Waals surface area contributed by atoms with Crippen molar-refractivity contribution in [2.75, 3.05) is 26.2 Å². The lowest BCUT2D eigenvalue weighted by Gasteiger charge is -2.20. The Morgan fingerprint density at radius 3 is 2.82 bits per heavy atom. The summed E-state index contributed by atoms with van der Waals surface area (Å²) in [5.74, 6) is 0.723. The maximum atomic E-state index is 4.17. The number of nitrogens with zero attached hydrogens (tertiary/aromatic N) is 3. The van der Waals surface area contributed by atoms with E-state index in [9.17, 15) is 0 Å². The van der Waals surface area contributed by atoms with Gasteiger partial charge in [0.1, 0.15) is 0 Å². The first-order chi connectivity index (χ1) is 8.25. The highest BCUT2D eigenvalue weighted by Gasteiger charge is 2.14. The van der Waals surface area contributed by atoms with Crippen LogP contribution in [0.3, 0.4) is 0 Å². The first-order valence-electron chi connectivity index (χ1n) is 6.65. The van der Waals surface area contributed by atoms with Crippen LogP contribution in [-0.2, 0) is 13.6 Å². The summed E-state index contributed by atoms with van der Waals surface area (Å²) in [4.78, 5) is 2.58. The highest BCUT2D eigenvalue weighted by Crippen LogP contribution is 2.09. The van der Waals surface area contributed by atoms with Gasteiger partial charge in [-0.05, 0) is 44.5 Å². The fourth-order valence-electron chi connectivity index (χ4n) is 2.49. The van der Waals surface area contributed by atoms with Crippen molar-refractivity contribution < 1.29 is 0 Å². The number of hydrogen-bond acceptors (Lipinski definition) is 3. The van der Waals surface area contributed by atoms with E-state index in [1.165, 1.54) is 38.2 Å². The van der Waals surface area contributed by atoms with Gasteiger partial charge in [-0.3, -0.25) is 4.68 Å². The molecule has 0 bridgehead atoms. The molecule has 1 aromatic rings. The molecule has 1 aliphatic rings. The molecule has 1 atom stereocenters. The molecule has 0 saturated carbocycles. The second-order valence-corrected chi connectivity index (χ2v) is 5.19. The third kappa shape index (κ3) is 3.82. The molecular weight excluding hydrogens is 212 g/mol. The Balaban J connectivity index is 1.62. The van der Waals surface area contributed by atoms with Crippen molar-refractivity contribution in [3.05, 3.63) is 18.0 Å². The smallest absolute Gasteiger partial charge is 0.0518 e. The topological polar surface area (TPSA) is 33.1 Å². The van der Waals surface area contributed by atoms with E-state index in [4.69, 9.17) is 0 Å². The van der Waals surface area contributed by atoms with Crippen LogP contribution in [0.25, 0.3) is 0 Å². The van der Waals surface area contributed by atoms with Gasteiger partial charge >= 0.3 is 0 Å². The van der Waals surface area contributed by atoms with Gasteiger partial charge in [-0.15, -0.1) is 0 Å². The van der Waals surface area contributed by atoms with E-state index >= 15 is 0 Å².